The molecule has 0 bridgehead atoms. The van der Waals surface area contributed by atoms with Crippen LogP contribution in [0.4, 0.5) is 5.69 Å². The van der Waals surface area contributed by atoms with Crippen LogP contribution in [-0.4, -0.2) is 58.8 Å². The Kier molecular flexibility index (Phi) is 7.93. The minimum Gasteiger partial charge on any atom is -0.487 e. The van der Waals surface area contributed by atoms with Gasteiger partial charge in [0.15, 0.2) is 11.5 Å². The second-order valence-corrected chi connectivity index (χ2v) is 8.34. The van der Waals surface area contributed by atoms with E-state index in [1.54, 1.807) is 12.1 Å². The lowest BCUT2D eigenvalue weighted by Crippen LogP contribution is -2.14. The second-order valence-electron chi connectivity index (χ2n) is 8.34. The number of ether oxygens (including phenoxy) is 5. The highest BCUT2D eigenvalue weighted by Gasteiger charge is 2.16. The van der Waals surface area contributed by atoms with E-state index in [0.29, 0.717) is 75.6 Å². The molecule has 0 spiro atoms. The maximum absolute atomic E-state index is 13.6. The Morgan fingerprint density at radius 3 is 1.72 bits per heavy atom. The second kappa shape index (κ2) is 11.9. The standard InChI is InChI=1S/C29H29NO6/c31-29(28-24-7-3-1-5-21(24)19-22-6-2-4-8-25(22)28)30-23-9-10-26-27(20-23)36-18-16-34-14-12-32-11-13-33-15-17-35-26/h1-10,19-20H,11-18H2,(H,30,31). The van der Waals surface area contributed by atoms with Crippen molar-refractivity contribution in [2.24, 2.45) is 0 Å². The summed E-state index contributed by atoms with van der Waals surface area (Å²) in [6.45, 7) is 3.59. The SMILES string of the molecule is O=C(Nc1ccc2c(c1)OCCOCCOCCOCCO2)c1c2ccccc2cc2ccccc12. The van der Waals surface area contributed by atoms with Crippen LogP contribution in [0.2, 0.25) is 0 Å². The van der Waals surface area contributed by atoms with Crippen molar-refractivity contribution in [2.45, 2.75) is 0 Å². The van der Waals surface area contributed by atoms with Gasteiger partial charge in [0.2, 0.25) is 0 Å². The van der Waals surface area contributed by atoms with Crippen molar-refractivity contribution in [1.29, 1.82) is 0 Å². The molecular formula is C29H29NO6. The first-order valence-electron chi connectivity index (χ1n) is 12.1. The number of nitrogens with one attached hydrogen (secondary N) is 1. The van der Waals surface area contributed by atoms with E-state index in [-0.39, 0.29) is 5.91 Å². The summed E-state index contributed by atoms with van der Waals surface area (Å²) in [6.07, 6.45) is 0. The van der Waals surface area contributed by atoms with E-state index in [1.165, 1.54) is 0 Å². The molecule has 0 radical (unpaired) electrons. The van der Waals surface area contributed by atoms with Gasteiger partial charge in [0.1, 0.15) is 13.2 Å². The Hall–Kier alpha value is -3.65. The minimum atomic E-state index is -0.183. The van der Waals surface area contributed by atoms with Crippen LogP contribution in [0.5, 0.6) is 11.5 Å². The molecule has 7 heteroatoms. The molecule has 1 N–H and O–H groups in total. The molecule has 0 fully saturated rings. The summed E-state index contributed by atoms with van der Waals surface area (Å²) in [7, 11) is 0. The van der Waals surface area contributed by atoms with Crippen molar-refractivity contribution >= 4 is 33.1 Å². The predicted octanol–water partition coefficient (Wildman–Crippen LogP) is 5.07. The van der Waals surface area contributed by atoms with Crippen molar-refractivity contribution in [2.75, 3.05) is 58.2 Å². The average molecular weight is 488 g/mol. The Bertz CT molecular complexity index is 1280. The van der Waals surface area contributed by atoms with Crippen molar-refractivity contribution in [3.8, 4) is 11.5 Å². The third-order valence-electron chi connectivity index (χ3n) is 5.91. The van der Waals surface area contributed by atoms with Crippen LogP contribution in [0.25, 0.3) is 21.5 Å². The molecule has 4 aromatic rings. The fourth-order valence-corrected chi connectivity index (χ4v) is 4.23. The molecule has 4 aromatic carbocycles. The molecule has 0 saturated heterocycles. The predicted molar refractivity (Wildman–Crippen MR) is 139 cm³/mol. The molecule has 0 aliphatic carbocycles. The van der Waals surface area contributed by atoms with Crippen LogP contribution >= 0.6 is 0 Å². The third kappa shape index (κ3) is 5.76. The Balaban J connectivity index is 1.40. The fourth-order valence-electron chi connectivity index (χ4n) is 4.23. The highest BCUT2D eigenvalue weighted by molar-refractivity contribution is 6.21. The number of fused-ring (bicyclic) bond motifs is 3. The van der Waals surface area contributed by atoms with E-state index in [9.17, 15) is 4.79 Å². The molecule has 0 saturated carbocycles. The number of rotatable bonds is 2. The maximum Gasteiger partial charge on any atom is 0.256 e. The topological polar surface area (TPSA) is 75.3 Å². The highest BCUT2D eigenvalue weighted by atomic mass is 16.6. The molecule has 0 aromatic heterocycles. The molecule has 1 aliphatic rings. The molecule has 0 atom stereocenters. The van der Waals surface area contributed by atoms with Gasteiger partial charge in [-0.2, -0.15) is 0 Å². The van der Waals surface area contributed by atoms with E-state index >= 15 is 0 Å². The van der Waals surface area contributed by atoms with Crippen molar-refractivity contribution in [3.05, 3.63) is 78.4 Å². The number of benzene rings is 4. The van der Waals surface area contributed by atoms with Crippen LogP contribution in [0.1, 0.15) is 10.4 Å². The lowest BCUT2D eigenvalue weighted by Gasteiger charge is -2.16. The number of hydrogen-bond acceptors (Lipinski definition) is 6. The molecule has 7 nitrogen and oxygen atoms in total. The van der Waals surface area contributed by atoms with Crippen LogP contribution in [-0.2, 0) is 14.2 Å². The summed E-state index contributed by atoms with van der Waals surface area (Å²) < 4.78 is 28.4. The zero-order valence-corrected chi connectivity index (χ0v) is 20.0. The fraction of sp³-hybridized carbons (Fsp3) is 0.276. The van der Waals surface area contributed by atoms with E-state index in [2.05, 4.69) is 11.4 Å². The molecule has 36 heavy (non-hydrogen) atoms. The quantitative estimate of drug-likeness (QED) is 0.398. The molecule has 1 amide bonds. The van der Waals surface area contributed by atoms with Crippen molar-refractivity contribution < 1.29 is 28.5 Å². The van der Waals surface area contributed by atoms with Gasteiger partial charge >= 0.3 is 0 Å². The lowest BCUT2D eigenvalue weighted by molar-refractivity contribution is 0.00708. The van der Waals surface area contributed by atoms with Gasteiger partial charge in [-0.25, -0.2) is 0 Å². The van der Waals surface area contributed by atoms with Gasteiger partial charge < -0.3 is 29.0 Å². The molecule has 5 rings (SSSR count). The number of amides is 1. The van der Waals surface area contributed by atoms with Crippen molar-refractivity contribution in [1.82, 2.24) is 0 Å². The number of carbonyl (C=O) groups excluding carboxylic acids is 1. The Morgan fingerprint density at radius 2 is 1.11 bits per heavy atom. The molecule has 0 unspecified atom stereocenters. The number of hydrogen-bond donors (Lipinski definition) is 1. The zero-order chi connectivity index (χ0) is 24.6. The van der Waals surface area contributed by atoms with E-state index in [1.807, 2.05) is 54.6 Å². The molecule has 1 heterocycles. The smallest absolute Gasteiger partial charge is 0.256 e. The summed E-state index contributed by atoms with van der Waals surface area (Å²) in [5, 5.41) is 6.91. The van der Waals surface area contributed by atoms with Crippen molar-refractivity contribution in [3.63, 3.8) is 0 Å². The van der Waals surface area contributed by atoms with E-state index in [4.69, 9.17) is 23.7 Å². The van der Waals surface area contributed by atoms with Crippen LogP contribution in [0, 0.1) is 0 Å². The summed E-state index contributed by atoms with van der Waals surface area (Å²) in [4.78, 5) is 13.6. The molecular weight excluding hydrogens is 458 g/mol. The summed E-state index contributed by atoms with van der Waals surface area (Å²) in [5.74, 6) is 0.932. The summed E-state index contributed by atoms with van der Waals surface area (Å²) in [5.41, 5.74) is 1.26. The average Bonchev–Trinajstić information content (AvgIpc) is 2.91. The summed E-state index contributed by atoms with van der Waals surface area (Å²) in [6, 6.07) is 23.4. The molecule has 186 valence electrons. The van der Waals surface area contributed by atoms with Gasteiger partial charge in [-0.15, -0.1) is 0 Å². The largest absolute Gasteiger partial charge is 0.487 e. The first-order chi connectivity index (χ1) is 17.8. The van der Waals surface area contributed by atoms with Gasteiger partial charge in [0, 0.05) is 11.8 Å². The van der Waals surface area contributed by atoms with E-state index < -0.39 is 0 Å². The summed E-state index contributed by atoms with van der Waals surface area (Å²) >= 11 is 0. The van der Waals surface area contributed by atoms with E-state index in [0.717, 1.165) is 21.5 Å². The normalized spacial score (nSPS) is 15.7. The third-order valence-corrected chi connectivity index (χ3v) is 5.91. The van der Waals surface area contributed by atoms with Gasteiger partial charge in [-0.3, -0.25) is 4.79 Å². The van der Waals surface area contributed by atoms with Gasteiger partial charge in [0.25, 0.3) is 5.91 Å². The van der Waals surface area contributed by atoms with Crippen LogP contribution in [0.15, 0.2) is 72.8 Å². The van der Waals surface area contributed by atoms with Gasteiger partial charge in [-0.05, 0) is 39.7 Å². The highest BCUT2D eigenvalue weighted by Crippen LogP contribution is 2.33. The van der Waals surface area contributed by atoms with Crippen LogP contribution in [0.3, 0.4) is 0 Å². The monoisotopic (exact) mass is 487 g/mol. The first-order valence-corrected chi connectivity index (χ1v) is 12.1. The lowest BCUT2D eigenvalue weighted by atomic mass is 9.96. The van der Waals surface area contributed by atoms with Gasteiger partial charge in [-0.1, -0.05) is 48.5 Å². The van der Waals surface area contributed by atoms with Crippen LogP contribution < -0.4 is 14.8 Å². The van der Waals surface area contributed by atoms with Gasteiger partial charge in [0.05, 0.1) is 45.2 Å². The Labute approximate surface area is 209 Å². The molecule has 1 aliphatic heterocycles. The minimum absolute atomic E-state index is 0.183. The Morgan fingerprint density at radius 1 is 0.583 bits per heavy atom. The zero-order valence-electron chi connectivity index (χ0n) is 20.0. The number of carbonyl (C=O) groups is 1. The first kappa shape index (κ1) is 24.1. The maximum atomic E-state index is 13.6. The number of anilines is 1.